The minimum atomic E-state index is 0.587. The van der Waals surface area contributed by atoms with Gasteiger partial charge in [0.25, 0.3) is 0 Å². The first kappa shape index (κ1) is 10.9. The molecule has 0 aliphatic heterocycles. The molecule has 1 aromatic carbocycles. The van der Waals surface area contributed by atoms with E-state index in [0.717, 1.165) is 5.56 Å². The van der Waals surface area contributed by atoms with Crippen LogP contribution in [0.25, 0.3) is 0 Å². The first-order chi connectivity index (χ1) is 7.88. The fourth-order valence-corrected chi connectivity index (χ4v) is 1.98. The second-order valence-corrected chi connectivity index (χ2v) is 4.41. The number of hydrogen-bond acceptors (Lipinski definition) is 3. The normalized spacial score (nSPS) is 9.94. The van der Waals surface area contributed by atoms with E-state index in [2.05, 4.69) is 12.1 Å². The predicted molar refractivity (Wildman–Crippen MR) is 64.0 cm³/mol. The third-order valence-electron chi connectivity index (χ3n) is 2.18. The lowest BCUT2D eigenvalue weighted by molar-refractivity contribution is 0.109. The average molecular weight is 229 g/mol. The Morgan fingerprint density at radius 2 is 1.94 bits per heavy atom. The summed E-state index contributed by atoms with van der Waals surface area (Å²) in [6.45, 7) is 1.24. The van der Waals surface area contributed by atoms with E-state index in [9.17, 15) is 0 Å². The molecule has 80 valence electrons. The van der Waals surface area contributed by atoms with Crippen molar-refractivity contribution < 1.29 is 4.74 Å². The van der Waals surface area contributed by atoms with Crippen LogP contribution in [0.1, 0.15) is 16.0 Å². The molecule has 0 spiro atoms. The van der Waals surface area contributed by atoms with Gasteiger partial charge in [-0.1, -0.05) is 18.2 Å². The van der Waals surface area contributed by atoms with Gasteiger partial charge in [-0.25, -0.2) is 0 Å². The number of rotatable bonds is 4. The molecule has 0 amide bonds. The zero-order valence-corrected chi connectivity index (χ0v) is 9.54. The fraction of sp³-hybridized carbons (Fsp3) is 0.154. The molecule has 1 aromatic heterocycles. The molecule has 0 fully saturated rings. The van der Waals surface area contributed by atoms with Gasteiger partial charge in [-0.3, -0.25) is 0 Å². The Morgan fingerprint density at radius 1 is 1.12 bits per heavy atom. The van der Waals surface area contributed by atoms with Gasteiger partial charge >= 0.3 is 0 Å². The Labute approximate surface area is 98.7 Å². The Morgan fingerprint density at radius 3 is 2.56 bits per heavy atom. The number of ether oxygens (including phenoxy) is 1. The van der Waals surface area contributed by atoms with Crippen molar-refractivity contribution in [1.82, 2.24) is 0 Å². The molecule has 0 saturated carbocycles. The molecule has 3 heteroatoms. The van der Waals surface area contributed by atoms with Gasteiger partial charge in [0.2, 0.25) is 0 Å². The van der Waals surface area contributed by atoms with E-state index in [1.54, 1.807) is 11.3 Å². The third-order valence-corrected chi connectivity index (χ3v) is 3.03. The van der Waals surface area contributed by atoms with Crippen LogP contribution in [-0.2, 0) is 18.0 Å². The molecule has 1 heterocycles. The Kier molecular flexibility index (Phi) is 3.71. The van der Waals surface area contributed by atoms with Gasteiger partial charge < -0.3 is 4.74 Å². The molecule has 2 aromatic rings. The van der Waals surface area contributed by atoms with Crippen LogP contribution in [0.4, 0.5) is 0 Å². The molecule has 2 nitrogen and oxygen atoms in total. The Balaban J connectivity index is 1.83. The summed E-state index contributed by atoms with van der Waals surface area (Å²) in [5.74, 6) is 0. The van der Waals surface area contributed by atoms with Gasteiger partial charge in [-0.2, -0.15) is 5.26 Å². The van der Waals surface area contributed by atoms with Gasteiger partial charge in [0.15, 0.2) is 0 Å². The highest BCUT2D eigenvalue weighted by atomic mass is 32.1. The summed E-state index contributed by atoms with van der Waals surface area (Å²) >= 11 is 1.70. The van der Waals surface area contributed by atoms with Crippen LogP contribution < -0.4 is 0 Å². The lowest BCUT2D eigenvalue weighted by Gasteiger charge is -2.02. The monoisotopic (exact) mass is 229 g/mol. The van der Waals surface area contributed by atoms with Gasteiger partial charge in [0.1, 0.15) is 0 Å². The van der Waals surface area contributed by atoms with E-state index in [1.165, 1.54) is 4.88 Å². The molecule has 2 rings (SSSR count). The van der Waals surface area contributed by atoms with E-state index >= 15 is 0 Å². The summed E-state index contributed by atoms with van der Waals surface area (Å²) in [7, 11) is 0. The predicted octanol–water partition coefficient (Wildman–Crippen LogP) is 3.34. The van der Waals surface area contributed by atoms with Crippen molar-refractivity contribution in [1.29, 1.82) is 5.26 Å². The minimum Gasteiger partial charge on any atom is -0.371 e. The highest BCUT2D eigenvalue weighted by Crippen LogP contribution is 2.11. The van der Waals surface area contributed by atoms with E-state index in [4.69, 9.17) is 10.00 Å². The maximum Gasteiger partial charge on any atom is 0.0991 e. The van der Waals surface area contributed by atoms with Crippen molar-refractivity contribution in [2.45, 2.75) is 13.2 Å². The number of nitrogens with zero attached hydrogens (tertiary/aromatic N) is 1. The number of hydrogen-bond donors (Lipinski definition) is 0. The largest absolute Gasteiger partial charge is 0.371 e. The molecule has 0 unspecified atom stereocenters. The van der Waals surface area contributed by atoms with Crippen molar-refractivity contribution in [3.8, 4) is 6.07 Å². The number of benzene rings is 1. The zero-order chi connectivity index (χ0) is 11.2. The topological polar surface area (TPSA) is 33.0 Å². The smallest absolute Gasteiger partial charge is 0.0991 e. The maximum atomic E-state index is 8.65. The second-order valence-electron chi connectivity index (χ2n) is 3.38. The van der Waals surface area contributed by atoms with Crippen LogP contribution in [0, 0.1) is 11.3 Å². The molecule has 0 bridgehead atoms. The first-order valence-corrected chi connectivity index (χ1v) is 5.85. The quantitative estimate of drug-likeness (QED) is 0.805. The van der Waals surface area contributed by atoms with Gasteiger partial charge in [-0.15, -0.1) is 11.3 Å². The van der Waals surface area contributed by atoms with E-state index in [0.29, 0.717) is 18.8 Å². The SMILES string of the molecule is N#Cc1ccc(COCc2cccs2)cc1. The highest BCUT2D eigenvalue weighted by molar-refractivity contribution is 7.09. The van der Waals surface area contributed by atoms with Crippen molar-refractivity contribution in [2.24, 2.45) is 0 Å². The first-order valence-electron chi connectivity index (χ1n) is 4.97. The van der Waals surface area contributed by atoms with Gasteiger partial charge in [-0.05, 0) is 29.1 Å². The molecule has 0 saturated heterocycles. The standard InChI is InChI=1S/C13H11NOS/c14-8-11-3-5-12(6-4-11)9-15-10-13-2-1-7-16-13/h1-7H,9-10H2. The van der Waals surface area contributed by atoms with Gasteiger partial charge in [0.05, 0.1) is 24.8 Å². The van der Waals surface area contributed by atoms with Gasteiger partial charge in [0, 0.05) is 4.88 Å². The molecule has 0 radical (unpaired) electrons. The average Bonchev–Trinajstić information content (AvgIpc) is 2.83. The second kappa shape index (κ2) is 5.45. The Hall–Kier alpha value is -1.63. The molecular formula is C13H11NOS. The Bertz CT molecular complexity index is 468. The van der Waals surface area contributed by atoms with Crippen LogP contribution in [0.2, 0.25) is 0 Å². The van der Waals surface area contributed by atoms with Crippen LogP contribution in [0.15, 0.2) is 41.8 Å². The fourth-order valence-electron chi connectivity index (χ4n) is 1.34. The van der Waals surface area contributed by atoms with Crippen molar-refractivity contribution >= 4 is 11.3 Å². The van der Waals surface area contributed by atoms with Crippen molar-refractivity contribution in [3.63, 3.8) is 0 Å². The highest BCUT2D eigenvalue weighted by Gasteiger charge is 1.96. The van der Waals surface area contributed by atoms with Crippen LogP contribution in [-0.4, -0.2) is 0 Å². The number of thiophene rings is 1. The van der Waals surface area contributed by atoms with Crippen molar-refractivity contribution in [2.75, 3.05) is 0 Å². The number of nitriles is 1. The molecule has 16 heavy (non-hydrogen) atoms. The summed E-state index contributed by atoms with van der Waals surface area (Å²) in [4.78, 5) is 1.23. The summed E-state index contributed by atoms with van der Waals surface area (Å²) in [5, 5.41) is 10.7. The maximum absolute atomic E-state index is 8.65. The molecule has 0 atom stereocenters. The summed E-state index contributed by atoms with van der Waals surface area (Å²) in [6.07, 6.45) is 0. The third kappa shape index (κ3) is 2.93. The zero-order valence-electron chi connectivity index (χ0n) is 8.72. The molecule has 0 N–H and O–H groups in total. The summed E-state index contributed by atoms with van der Waals surface area (Å²) in [6, 6.07) is 13.6. The summed E-state index contributed by atoms with van der Waals surface area (Å²) < 4.78 is 5.57. The molecule has 0 aliphatic carbocycles. The van der Waals surface area contributed by atoms with Crippen molar-refractivity contribution in [3.05, 3.63) is 57.8 Å². The van der Waals surface area contributed by atoms with E-state index < -0.39 is 0 Å². The minimum absolute atomic E-state index is 0.587. The van der Waals surface area contributed by atoms with Crippen LogP contribution in [0.3, 0.4) is 0 Å². The lowest BCUT2D eigenvalue weighted by atomic mass is 10.2. The van der Waals surface area contributed by atoms with Crippen LogP contribution in [0.5, 0.6) is 0 Å². The van der Waals surface area contributed by atoms with E-state index in [-0.39, 0.29) is 0 Å². The molecular weight excluding hydrogens is 218 g/mol. The lowest BCUT2D eigenvalue weighted by Crippen LogP contribution is -1.92. The van der Waals surface area contributed by atoms with Crippen LogP contribution >= 0.6 is 11.3 Å². The summed E-state index contributed by atoms with van der Waals surface area (Å²) in [5.41, 5.74) is 1.78. The molecule has 0 aliphatic rings. The van der Waals surface area contributed by atoms with E-state index in [1.807, 2.05) is 35.7 Å².